The minimum absolute atomic E-state index is 0.00894. The Morgan fingerprint density at radius 1 is 1.09 bits per heavy atom. The molecule has 1 heterocycles. The number of alkyl halides is 6. The second-order valence-corrected chi connectivity index (χ2v) is 9.13. The third-order valence-electron chi connectivity index (χ3n) is 5.56. The number of allylic oxidation sites excluding steroid dienone is 1. The standard InChI is InChI=1S/C24H24F6N2OS/c1-3-5-16-8-9-20(22(24(28,29)30)21(16)23(25,26)27)34-19-7-4-6-18(14-19)31-17-10-12-32(13-11-17)15(2)33/h3-4,6-9,14,17,31H,1,5,10-13H2,2H3. The van der Waals surface area contributed by atoms with Gasteiger partial charge in [0.2, 0.25) is 5.91 Å². The lowest BCUT2D eigenvalue weighted by atomic mass is 9.97. The van der Waals surface area contributed by atoms with Gasteiger partial charge in [-0.2, -0.15) is 26.3 Å². The smallest absolute Gasteiger partial charge is 0.382 e. The molecule has 3 rings (SSSR count). The number of likely N-dealkylation sites (tertiary alicyclic amines) is 1. The normalized spacial score (nSPS) is 15.3. The van der Waals surface area contributed by atoms with E-state index in [0.29, 0.717) is 35.4 Å². The Morgan fingerprint density at radius 2 is 1.74 bits per heavy atom. The lowest BCUT2D eigenvalue weighted by Gasteiger charge is -2.32. The van der Waals surface area contributed by atoms with E-state index in [1.54, 1.807) is 29.2 Å². The van der Waals surface area contributed by atoms with E-state index in [4.69, 9.17) is 0 Å². The van der Waals surface area contributed by atoms with E-state index < -0.39 is 33.9 Å². The number of amides is 1. The fraction of sp³-hybridized carbons (Fsp3) is 0.375. The molecule has 2 aromatic rings. The zero-order valence-electron chi connectivity index (χ0n) is 18.4. The molecule has 184 valence electrons. The molecule has 3 nitrogen and oxygen atoms in total. The van der Waals surface area contributed by atoms with E-state index in [1.165, 1.54) is 6.92 Å². The van der Waals surface area contributed by atoms with E-state index in [1.807, 2.05) is 0 Å². The third kappa shape index (κ3) is 6.28. The monoisotopic (exact) mass is 502 g/mol. The maximum absolute atomic E-state index is 13.9. The van der Waals surface area contributed by atoms with Gasteiger partial charge in [-0.15, -0.1) is 6.58 Å². The summed E-state index contributed by atoms with van der Waals surface area (Å²) in [4.78, 5) is 13.1. The number of anilines is 1. The molecule has 1 aliphatic heterocycles. The number of carbonyl (C=O) groups is 1. The molecule has 1 fully saturated rings. The number of nitrogens with one attached hydrogen (secondary N) is 1. The molecule has 1 aliphatic rings. The predicted octanol–water partition coefficient (Wildman–Crippen LogP) is 7.03. The van der Waals surface area contributed by atoms with Gasteiger partial charge >= 0.3 is 12.4 Å². The molecule has 0 aromatic heterocycles. The molecule has 0 aliphatic carbocycles. The summed E-state index contributed by atoms with van der Waals surface area (Å²) in [5.74, 6) is 0.00894. The maximum atomic E-state index is 13.9. The number of halogens is 6. The molecule has 0 unspecified atom stereocenters. The first kappa shape index (κ1) is 26.0. The fourth-order valence-electron chi connectivity index (χ4n) is 3.99. The Hall–Kier alpha value is -2.62. The van der Waals surface area contributed by atoms with Crippen LogP contribution >= 0.6 is 11.8 Å². The fourth-order valence-corrected chi connectivity index (χ4v) is 5.04. The summed E-state index contributed by atoms with van der Waals surface area (Å²) >= 11 is 0.640. The zero-order chi connectivity index (χ0) is 25.1. The van der Waals surface area contributed by atoms with Crippen molar-refractivity contribution >= 4 is 23.4 Å². The zero-order valence-corrected chi connectivity index (χ0v) is 19.2. The van der Waals surface area contributed by atoms with Gasteiger partial charge in [0.15, 0.2) is 0 Å². The van der Waals surface area contributed by atoms with Crippen molar-refractivity contribution in [2.75, 3.05) is 18.4 Å². The van der Waals surface area contributed by atoms with Crippen LogP contribution in [0.15, 0.2) is 58.8 Å². The molecule has 0 spiro atoms. The Bertz CT molecular complexity index is 1040. The Balaban J connectivity index is 1.88. The molecule has 0 bridgehead atoms. The van der Waals surface area contributed by atoms with E-state index in [2.05, 4.69) is 11.9 Å². The summed E-state index contributed by atoms with van der Waals surface area (Å²) < 4.78 is 82.7. The van der Waals surface area contributed by atoms with Crippen molar-refractivity contribution in [2.24, 2.45) is 0 Å². The molecule has 2 aromatic carbocycles. The van der Waals surface area contributed by atoms with Crippen molar-refractivity contribution in [2.45, 2.75) is 54.4 Å². The van der Waals surface area contributed by atoms with Crippen LogP contribution < -0.4 is 5.32 Å². The minimum Gasteiger partial charge on any atom is -0.382 e. The van der Waals surface area contributed by atoms with Gasteiger partial charge in [-0.25, -0.2) is 0 Å². The lowest BCUT2D eigenvalue weighted by molar-refractivity contribution is -0.164. The molecule has 34 heavy (non-hydrogen) atoms. The molecule has 0 saturated carbocycles. The second-order valence-electron chi connectivity index (χ2n) is 8.02. The topological polar surface area (TPSA) is 32.3 Å². The van der Waals surface area contributed by atoms with E-state index in [0.717, 1.165) is 31.1 Å². The van der Waals surface area contributed by atoms with Gasteiger partial charge in [-0.3, -0.25) is 4.79 Å². The van der Waals surface area contributed by atoms with Crippen molar-refractivity contribution in [1.29, 1.82) is 0 Å². The van der Waals surface area contributed by atoms with Crippen LogP contribution in [-0.4, -0.2) is 29.9 Å². The Kier molecular flexibility index (Phi) is 7.90. The van der Waals surface area contributed by atoms with Gasteiger partial charge in [-0.05, 0) is 49.1 Å². The maximum Gasteiger partial charge on any atom is 0.418 e. The van der Waals surface area contributed by atoms with Gasteiger partial charge in [0.1, 0.15) is 0 Å². The Morgan fingerprint density at radius 3 is 2.29 bits per heavy atom. The average Bonchev–Trinajstić information content (AvgIpc) is 2.74. The molecule has 0 radical (unpaired) electrons. The van der Waals surface area contributed by atoms with E-state index in [9.17, 15) is 31.1 Å². The number of hydrogen-bond donors (Lipinski definition) is 1. The van der Waals surface area contributed by atoms with Gasteiger partial charge in [0, 0.05) is 41.5 Å². The van der Waals surface area contributed by atoms with Crippen LogP contribution in [0.4, 0.5) is 32.0 Å². The van der Waals surface area contributed by atoms with Crippen LogP contribution in [0.25, 0.3) is 0 Å². The molecular weight excluding hydrogens is 478 g/mol. The summed E-state index contributed by atoms with van der Waals surface area (Å²) in [6.45, 7) is 6.07. The van der Waals surface area contributed by atoms with E-state index in [-0.39, 0.29) is 18.4 Å². The van der Waals surface area contributed by atoms with Crippen LogP contribution in [0.2, 0.25) is 0 Å². The van der Waals surface area contributed by atoms with Crippen molar-refractivity contribution in [3.05, 3.63) is 65.7 Å². The van der Waals surface area contributed by atoms with Crippen molar-refractivity contribution in [3.8, 4) is 0 Å². The van der Waals surface area contributed by atoms with Crippen LogP contribution in [0.5, 0.6) is 0 Å². The predicted molar refractivity (Wildman–Crippen MR) is 120 cm³/mol. The first-order valence-electron chi connectivity index (χ1n) is 10.6. The molecule has 1 amide bonds. The highest BCUT2D eigenvalue weighted by atomic mass is 32.2. The molecule has 1 saturated heterocycles. The lowest BCUT2D eigenvalue weighted by Crippen LogP contribution is -2.41. The quantitative estimate of drug-likeness (QED) is 0.340. The first-order valence-corrected chi connectivity index (χ1v) is 11.4. The molecule has 10 heteroatoms. The third-order valence-corrected chi connectivity index (χ3v) is 6.61. The van der Waals surface area contributed by atoms with Gasteiger partial charge in [0.05, 0.1) is 11.1 Å². The van der Waals surface area contributed by atoms with Gasteiger partial charge in [0.25, 0.3) is 0 Å². The minimum atomic E-state index is -5.19. The highest BCUT2D eigenvalue weighted by Crippen LogP contribution is 2.48. The average molecular weight is 503 g/mol. The van der Waals surface area contributed by atoms with E-state index >= 15 is 0 Å². The summed E-state index contributed by atoms with van der Waals surface area (Å²) in [6.07, 6.45) is -8.11. The van der Waals surface area contributed by atoms with Gasteiger partial charge < -0.3 is 10.2 Å². The molecular formula is C24H24F6N2OS. The highest BCUT2D eigenvalue weighted by molar-refractivity contribution is 7.99. The molecule has 1 N–H and O–H groups in total. The second kappa shape index (κ2) is 10.3. The van der Waals surface area contributed by atoms with Crippen LogP contribution in [0.1, 0.15) is 36.5 Å². The van der Waals surface area contributed by atoms with Crippen LogP contribution in [0, 0.1) is 0 Å². The Labute approximate surface area is 198 Å². The first-order chi connectivity index (χ1) is 15.9. The van der Waals surface area contributed by atoms with Crippen molar-refractivity contribution in [1.82, 2.24) is 4.90 Å². The largest absolute Gasteiger partial charge is 0.418 e. The number of benzene rings is 2. The number of nitrogens with zero attached hydrogens (tertiary/aromatic N) is 1. The number of carbonyl (C=O) groups excluding carboxylic acids is 1. The number of rotatable bonds is 6. The number of piperidine rings is 1. The van der Waals surface area contributed by atoms with Gasteiger partial charge in [-0.1, -0.05) is 30.0 Å². The summed E-state index contributed by atoms with van der Waals surface area (Å²) in [7, 11) is 0. The SMILES string of the molecule is C=CCc1ccc(Sc2cccc(NC3CCN(C(C)=O)CC3)c2)c(C(F)(F)F)c1C(F)(F)F. The van der Waals surface area contributed by atoms with Crippen LogP contribution in [0.3, 0.4) is 0 Å². The van der Waals surface area contributed by atoms with Crippen LogP contribution in [-0.2, 0) is 23.6 Å². The number of hydrogen-bond acceptors (Lipinski definition) is 3. The summed E-state index contributed by atoms with van der Waals surface area (Å²) in [6, 6.07) is 8.80. The summed E-state index contributed by atoms with van der Waals surface area (Å²) in [5.41, 5.74) is -3.17. The van der Waals surface area contributed by atoms with Crippen molar-refractivity contribution in [3.63, 3.8) is 0 Å². The highest BCUT2D eigenvalue weighted by Gasteiger charge is 2.46. The summed E-state index contributed by atoms with van der Waals surface area (Å²) in [5, 5.41) is 3.31. The molecule has 0 atom stereocenters. The van der Waals surface area contributed by atoms with Crippen molar-refractivity contribution < 1.29 is 31.1 Å².